The molecule has 0 heterocycles. The summed E-state index contributed by atoms with van der Waals surface area (Å²) in [6.45, 7) is 5.23. The maximum Gasteiger partial charge on any atom is 0.420 e. The maximum absolute atomic E-state index is 12.0. The van der Waals surface area contributed by atoms with E-state index in [1.54, 1.807) is 45.0 Å². The van der Waals surface area contributed by atoms with Gasteiger partial charge in [-0.3, -0.25) is 0 Å². The monoisotopic (exact) mass is 299 g/mol. The normalized spacial score (nSPS) is 10.8. The first kappa shape index (κ1) is 16.3. The third-order valence-electron chi connectivity index (χ3n) is 2.26. The fourth-order valence-electron chi connectivity index (χ4n) is 1.40. The highest BCUT2D eigenvalue weighted by molar-refractivity contribution is 6.30. The predicted molar refractivity (Wildman–Crippen MR) is 75.6 cm³/mol. The van der Waals surface area contributed by atoms with Crippen molar-refractivity contribution in [2.24, 2.45) is 0 Å². The highest BCUT2D eigenvalue weighted by Crippen LogP contribution is 2.15. The standard InChI is InChI=1S/C14H18ClNO4/c1-14(2,3)20-13(18)16(12(17)19-4)9-10-5-7-11(15)8-6-10/h5-8H,9H2,1-4H3. The van der Waals surface area contributed by atoms with E-state index in [2.05, 4.69) is 4.74 Å². The van der Waals surface area contributed by atoms with Crippen LogP contribution in [0.15, 0.2) is 24.3 Å². The molecule has 6 heteroatoms. The molecule has 0 saturated carbocycles. The van der Waals surface area contributed by atoms with Crippen LogP contribution in [-0.4, -0.2) is 29.8 Å². The summed E-state index contributed by atoms with van der Waals surface area (Å²) >= 11 is 5.79. The number of methoxy groups -OCH3 is 1. The molecule has 20 heavy (non-hydrogen) atoms. The SMILES string of the molecule is COC(=O)N(Cc1ccc(Cl)cc1)C(=O)OC(C)(C)C. The van der Waals surface area contributed by atoms with Gasteiger partial charge in [-0.1, -0.05) is 23.7 Å². The molecule has 0 unspecified atom stereocenters. The number of carbonyl (C=O) groups excluding carboxylic acids is 2. The van der Waals surface area contributed by atoms with Gasteiger partial charge in [0.25, 0.3) is 0 Å². The van der Waals surface area contributed by atoms with Gasteiger partial charge in [-0.25, -0.2) is 14.5 Å². The van der Waals surface area contributed by atoms with E-state index in [1.165, 1.54) is 7.11 Å². The number of imide groups is 1. The summed E-state index contributed by atoms with van der Waals surface area (Å²) in [5, 5.41) is 0.579. The second-order valence-corrected chi connectivity index (χ2v) is 5.60. The Balaban J connectivity index is 2.87. The van der Waals surface area contributed by atoms with E-state index in [1.807, 2.05) is 0 Å². The lowest BCUT2D eigenvalue weighted by Gasteiger charge is -2.25. The van der Waals surface area contributed by atoms with Gasteiger partial charge in [-0.15, -0.1) is 0 Å². The molecule has 0 fully saturated rings. The van der Waals surface area contributed by atoms with Crippen molar-refractivity contribution in [1.29, 1.82) is 0 Å². The summed E-state index contributed by atoms with van der Waals surface area (Å²) < 4.78 is 9.78. The Hall–Kier alpha value is -1.75. The fourth-order valence-corrected chi connectivity index (χ4v) is 1.53. The molecule has 2 amide bonds. The van der Waals surface area contributed by atoms with Gasteiger partial charge in [0.2, 0.25) is 0 Å². The molecular weight excluding hydrogens is 282 g/mol. The van der Waals surface area contributed by atoms with Crippen LogP contribution in [0.4, 0.5) is 9.59 Å². The Labute approximate surface area is 123 Å². The van der Waals surface area contributed by atoms with Crippen molar-refractivity contribution in [3.63, 3.8) is 0 Å². The molecule has 0 atom stereocenters. The topological polar surface area (TPSA) is 55.8 Å². The summed E-state index contributed by atoms with van der Waals surface area (Å²) in [7, 11) is 1.21. The van der Waals surface area contributed by atoms with Gasteiger partial charge in [-0.2, -0.15) is 0 Å². The van der Waals surface area contributed by atoms with Gasteiger partial charge in [0, 0.05) is 5.02 Å². The molecule has 0 aliphatic carbocycles. The van der Waals surface area contributed by atoms with Gasteiger partial charge in [0.15, 0.2) is 0 Å². The summed E-state index contributed by atoms with van der Waals surface area (Å²) in [6, 6.07) is 6.81. The molecule has 0 N–H and O–H groups in total. The van der Waals surface area contributed by atoms with Crippen LogP contribution >= 0.6 is 11.6 Å². The molecule has 0 spiro atoms. The number of amides is 2. The summed E-state index contributed by atoms with van der Waals surface area (Å²) in [5.41, 5.74) is 0.0502. The van der Waals surface area contributed by atoms with Crippen molar-refractivity contribution in [3.8, 4) is 0 Å². The van der Waals surface area contributed by atoms with Crippen LogP contribution in [0.1, 0.15) is 26.3 Å². The van der Waals surface area contributed by atoms with E-state index in [0.29, 0.717) is 5.02 Å². The highest BCUT2D eigenvalue weighted by atomic mass is 35.5. The fraction of sp³-hybridized carbons (Fsp3) is 0.429. The van der Waals surface area contributed by atoms with E-state index in [0.717, 1.165) is 10.5 Å². The Kier molecular flexibility index (Phi) is 5.39. The van der Waals surface area contributed by atoms with E-state index in [9.17, 15) is 9.59 Å². The first-order valence-electron chi connectivity index (χ1n) is 6.06. The minimum Gasteiger partial charge on any atom is -0.452 e. The van der Waals surface area contributed by atoms with Crippen LogP contribution in [0.2, 0.25) is 5.02 Å². The molecule has 1 rings (SSSR count). The Morgan fingerprint density at radius 3 is 2.15 bits per heavy atom. The number of hydrogen-bond acceptors (Lipinski definition) is 4. The van der Waals surface area contributed by atoms with Crippen LogP contribution < -0.4 is 0 Å². The Morgan fingerprint density at radius 2 is 1.70 bits per heavy atom. The number of ether oxygens (including phenoxy) is 2. The zero-order valence-corrected chi connectivity index (χ0v) is 12.7. The van der Waals surface area contributed by atoms with Crippen molar-refractivity contribution < 1.29 is 19.1 Å². The smallest absolute Gasteiger partial charge is 0.420 e. The minimum absolute atomic E-state index is 0.0543. The van der Waals surface area contributed by atoms with Gasteiger partial charge < -0.3 is 9.47 Å². The molecule has 110 valence electrons. The Bertz CT molecular complexity index is 479. The lowest BCUT2D eigenvalue weighted by molar-refractivity contribution is 0.0231. The van der Waals surface area contributed by atoms with Crippen LogP contribution in [0, 0.1) is 0 Å². The second kappa shape index (κ2) is 6.61. The van der Waals surface area contributed by atoms with Crippen LogP contribution in [0.5, 0.6) is 0 Å². The first-order valence-corrected chi connectivity index (χ1v) is 6.43. The Morgan fingerprint density at radius 1 is 1.15 bits per heavy atom. The minimum atomic E-state index is -0.769. The van der Waals surface area contributed by atoms with Gasteiger partial charge in [0.1, 0.15) is 5.60 Å². The molecule has 5 nitrogen and oxygen atoms in total. The van der Waals surface area contributed by atoms with Crippen LogP contribution in [0.25, 0.3) is 0 Å². The van der Waals surface area contributed by atoms with Gasteiger partial charge in [0.05, 0.1) is 13.7 Å². The molecule has 0 radical (unpaired) electrons. The van der Waals surface area contributed by atoms with Crippen molar-refractivity contribution in [2.45, 2.75) is 32.9 Å². The van der Waals surface area contributed by atoms with E-state index in [4.69, 9.17) is 16.3 Å². The molecule has 0 aliphatic heterocycles. The largest absolute Gasteiger partial charge is 0.452 e. The zero-order valence-electron chi connectivity index (χ0n) is 12.0. The maximum atomic E-state index is 12.0. The van der Waals surface area contributed by atoms with Crippen molar-refractivity contribution in [2.75, 3.05) is 7.11 Å². The number of hydrogen-bond donors (Lipinski definition) is 0. The molecule has 1 aromatic rings. The predicted octanol–water partition coefficient (Wildman–Crippen LogP) is 3.84. The number of nitrogens with zero attached hydrogens (tertiary/aromatic N) is 1. The first-order chi connectivity index (χ1) is 9.23. The van der Waals surface area contributed by atoms with Gasteiger partial charge >= 0.3 is 12.2 Å². The summed E-state index contributed by atoms with van der Waals surface area (Å²) in [4.78, 5) is 24.6. The van der Waals surface area contributed by atoms with Crippen LogP contribution in [0.3, 0.4) is 0 Å². The van der Waals surface area contributed by atoms with E-state index in [-0.39, 0.29) is 6.54 Å². The molecule has 1 aromatic carbocycles. The van der Waals surface area contributed by atoms with Gasteiger partial charge in [-0.05, 0) is 38.5 Å². The number of carbonyl (C=O) groups is 2. The number of rotatable bonds is 2. The highest BCUT2D eigenvalue weighted by Gasteiger charge is 2.28. The average Bonchev–Trinajstić information content (AvgIpc) is 2.35. The number of benzene rings is 1. The zero-order chi connectivity index (χ0) is 15.3. The quantitative estimate of drug-likeness (QED) is 0.832. The molecule has 0 saturated heterocycles. The number of halogens is 1. The van der Waals surface area contributed by atoms with Crippen LogP contribution in [-0.2, 0) is 16.0 Å². The molecular formula is C14H18ClNO4. The van der Waals surface area contributed by atoms with E-state index >= 15 is 0 Å². The van der Waals surface area contributed by atoms with Crippen molar-refractivity contribution in [1.82, 2.24) is 4.90 Å². The molecule has 0 aromatic heterocycles. The van der Waals surface area contributed by atoms with Crippen molar-refractivity contribution >= 4 is 23.8 Å². The average molecular weight is 300 g/mol. The molecule has 0 bridgehead atoms. The second-order valence-electron chi connectivity index (χ2n) is 5.16. The summed E-state index contributed by atoms with van der Waals surface area (Å²) in [6.07, 6.45) is -1.52. The lowest BCUT2D eigenvalue weighted by Crippen LogP contribution is -2.40. The third-order valence-corrected chi connectivity index (χ3v) is 2.51. The summed E-state index contributed by atoms with van der Waals surface area (Å²) in [5.74, 6) is 0. The van der Waals surface area contributed by atoms with Crippen molar-refractivity contribution in [3.05, 3.63) is 34.9 Å². The third kappa shape index (κ3) is 5.09. The lowest BCUT2D eigenvalue weighted by atomic mass is 10.2. The molecule has 0 aliphatic rings. The van der Waals surface area contributed by atoms with E-state index < -0.39 is 17.8 Å².